The van der Waals surface area contributed by atoms with E-state index in [0.717, 1.165) is 12.0 Å². The van der Waals surface area contributed by atoms with Gasteiger partial charge in [-0.15, -0.1) is 0 Å². The molecule has 1 fully saturated rings. The third-order valence-electron chi connectivity index (χ3n) is 4.90. The van der Waals surface area contributed by atoms with Crippen molar-refractivity contribution >= 4 is 22.8 Å². The first-order valence-corrected chi connectivity index (χ1v) is 9.40. The summed E-state index contributed by atoms with van der Waals surface area (Å²) in [5.41, 5.74) is 2.12. The molecule has 4 rings (SSSR count). The molecule has 2 aromatic carbocycles. The normalized spacial score (nSPS) is 16.6. The lowest BCUT2D eigenvalue weighted by molar-refractivity contribution is -0.124. The van der Waals surface area contributed by atoms with Gasteiger partial charge in [-0.2, -0.15) is 0 Å². The Hall–Kier alpha value is -3.28. The highest BCUT2D eigenvalue weighted by Gasteiger charge is 2.27. The molecule has 1 aromatic heterocycles. The highest BCUT2D eigenvalue weighted by atomic mass is 16.5. The monoisotopic (exact) mass is 378 g/mol. The summed E-state index contributed by atoms with van der Waals surface area (Å²) in [5.74, 6) is 0.723. The van der Waals surface area contributed by atoms with Gasteiger partial charge in [0.15, 0.2) is 0 Å². The minimum atomic E-state index is -0.511. The van der Waals surface area contributed by atoms with Gasteiger partial charge in [0.25, 0.3) is 5.91 Å². The quantitative estimate of drug-likeness (QED) is 0.714. The van der Waals surface area contributed by atoms with E-state index >= 15 is 0 Å². The number of furan rings is 1. The van der Waals surface area contributed by atoms with E-state index in [-0.39, 0.29) is 11.8 Å². The highest BCUT2D eigenvalue weighted by molar-refractivity contribution is 6.08. The number of piperidine rings is 1. The highest BCUT2D eigenvalue weighted by Crippen LogP contribution is 2.29. The van der Waals surface area contributed by atoms with Crippen LogP contribution < -0.4 is 15.4 Å². The summed E-state index contributed by atoms with van der Waals surface area (Å²) in [4.78, 5) is 24.8. The van der Waals surface area contributed by atoms with Crippen LogP contribution in [0, 0.1) is 6.92 Å². The molecule has 0 saturated carbocycles. The van der Waals surface area contributed by atoms with Crippen LogP contribution in [-0.4, -0.2) is 24.4 Å². The van der Waals surface area contributed by atoms with Gasteiger partial charge in [0.2, 0.25) is 5.91 Å². The van der Waals surface area contributed by atoms with E-state index in [4.69, 9.17) is 9.15 Å². The Balaban J connectivity index is 1.56. The average Bonchev–Trinajstić information content (AvgIpc) is 3.04. The van der Waals surface area contributed by atoms with E-state index in [2.05, 4.69) is 10.6 Å². The lowest BCUT2D eigenvalue weighted by Gasteiger charge is -2.22. The van der Waals surface area contributed by atoms with E-state index in [1.54, 1.807) is 13.0 Å². The van der Waals surface area contributed by atoms with E-state index in [1.807, 2.05) is 42.5 Å². The smallest absolute Gasteiger partial charge is 0.256 e. The Morgan fingerprint density at radius 2 is 2.07 bits per heavy atom. The predicted octanol–water partition coefficient (Wildman–Crippen LogP) is 3.33. The lowest BCUT2D eigenvalue weighted by atomic mass is 10.0. The molecule has 1 aliphatic heterocycles. The van der Waals surface area contributed by atoms with Crippen molar-refractivity contribution in [3.63, 3.8) is 0 Å². The number of hydrogen-bond acceptors (Lipinski definition) is 4. The summed E-state index contributed by atoms with van der Waals surface area (Å²) in [6, 6.07) is 14.8. The number of carbonyl (C=O) groups is 2. The number of carbonyl (C=O) groups excluding carboxylic acids is 2. The molecule has 2 heterocycles. The number of aryl methyl sites for hydroxylation is 1. The summed E-state index contributed by atoms with van der Waals surface area (Å²) in [5, 5.41) is 6.29. The molecular weight excluding hydrogens is 356 g/mol. The Labute approximate surface area is 162 Å². The molecule has 1 atom stereocenters. The first-order chi connectivity index (χ1) is 13.6. The summed E-state index contributed by atoms with van der Waals surface area (Å²) in [6.45, 7) is 2.84. The molecule has 6 nitrogen and oxygen atoms in total. The summed E-state index contributed by atoms with van der Waals surface area (Å²) in [7, 11) is 0. The maximum atomic E-state index is 12.9. The molecule has 2 N–H and O–H groups in total. The van der Waals surface area contributed by atoms with Crippen molar-refractivity contribution < 1.29 is 18.7 Å². The van der Waals surface area contributed by atoms with Crippen LogP contribution in [-0.2, 0) is 11.4 Å². The second-order valence-electron chi connectivity index (χ2n) is 6.92. The first-order valence-electron chi connectivity index (χ1n) is 9.40. The minimum Gasteiger partial charge on any atom is -0.489 e. The molecule has 1 unspecified atom stereocenters. The summed E-state index contributed by atoms with van der Waals surface area (Å²) >= 11 is 0. The molecule has 144 valence electrons. The zero-order chi connectivity index (χ0) is 19.5. The van der Waals surface area contributed by atoms with Gasteiger partial charge in [-0.1, -0.05) is 30.3 Å². The number of benzene rings is 2. The molecule has 0 bridgehead atoms. The maximum Gasteiger partial charge on any atom is 0.256 e. The topological polar surface area (TPSA) is 80.6 Å². The van der Waals surface area contributed by atoms with Crippen LogP contribution in [0.5, 0.6) is 5.75 Å². The minimum absolute atomic E-state index is 0.142. The van der Waals surface area contributed by atoms with Crippen molar-refractivity contribution in [1.82, 2.24) is 10.6 Å². The third-order valence-corrected chi connectivity index (χ3v) is 4.90. The molecule has 1 aliphatic rings. The van der Waals surface area contributed by atoms with Crippen LogP contribution in [0.3, 0.4) is 0 Å². The summed E-state index contributed by atoms with van der Waals surface area (Å²) in [6.07, 6.45) is 1.48. The largest absolute Gasteiger partial charge is 0.489 e. The van der Waals surface area contributed by atoms with Crippen molar-refractivity contribution in [2.75, 3.05) is 6.54 Å². The number of rotatable bonds is 5. The second kappa shape index (κ2) is 7.76. The van der Waals surface area contributed by atoms with E-state index in [1.165, 1.54) is 0 Å². The number of fused-ring (bicyclic) bond motifs is 1. The average molecular weight is 378 g/mol. The molecule has 0 radical (unpaired) electrons. The van der Waals surface area contributed by atoms with Gasteiger partial charge in [0.05, 0.1) is 5.56 Å². The van der Waals surface area contributed by atoms with Gasteiger partial charge in [-0.3, -0.25) is 9.59 Å². The molecular formula is C22H22N2O4. The number of hydrogen-bond donors (Lipinski definition) is 2. The Morgan fingerprint density at radius 3 is 2.86 bits per heavy atom. The van der Waals surface area contributed by atoms with Crippen molar-refractivity contribution in [2.24, 2.45) is 0 Å². The molecule has 3 aromatic rings. The van der Waals surface area contributed by atoms with E-state index in [0.29, 0.717) is 47.6 Å². The fourth-order valence-electron chi connectivity index (χ4n) is 3.45. The van der Waals surface area contributed by atoms with E-state index in [9.17, 15) is 9.59 Å². The second-order valence-corrected chi connectivity index (χ2v) is 6.92. The zero-order valence-electron chi connectivity index (χ0n) is 15.7. The van der Waals surface area contributed by atoms with Gasteiger partial charge in [-0.25, -0.2) is 0 Å². The van der Waals surface area contributed by atoms with Crippen LogP contribution in [0.2, 0.25) is 0 Å². The predicted molar refractivity (Wildman–Crippen MR) is 105 cm³/mol. The number of amides is 2. The fraction of sp³-hybridized carbons (Fsp3) is 0.273. The zero-order valence-corrected chi connectivity index (χ0v) is 15.7. The van der Waals surface area contributed by atoms with Crippen molar-refractivity contribution in [1.29, 1.82) is 0 Å². The molecule has 1 saturated heterocycles. The first kappa shape index (κ1) is 18.1. The van der Waals surface area contributed by atoms with Gasteiger partial charge in [0.1, 0.15) is 29.7 Å². The van der Waals surface area contributed by atoms with Crippen LogP contribution in [0.1, 0.15) is 34.5 Å². The Kier molecular flexibility index (Phi) is 5.02. The maximum absolute atomic E-state index is 12.9. The SMILES string of the molecule is Cc1oc2ccc(OCc3ccccc3)cc2c1C(=O)NC1CCCNC1=O. The van der Waals surface area contributed by atoms with Crippen molar-refractivity contribution in [3.8, 4) is 5.75 Å². The Morgan fingerprint density at radius 1 is 1.25 bits per heavy atom. The number of nitrogens with one attached hydrogen (secondary N) is 2. The molecule has 0 spiro atoms. The molecule has 0 aliphatic carbocycles. The molecule has 6 heteroatoms. The fourth-order valence-corrected chi connectivity index (χ4v) is 3.45. The Bertz CT molecular complexity index is 1010. The van der Waals surface area contributed by atoms with Crippen molar-refractivity contribution in [3.05, 3.63) is 65.4 Å². The van der Waals surface area contributed by atoms with Crippen LogP contribution in [0.4, 0.5) is 0 Å². The molecule has 28 heavy (non-hydrogen) atoms. The van der Waals surface area contributed by atoms with Gasteiger partial charge in [0, 0.05) is 11.9 Å². The van der Waals surface area contributed by atoms with Crippen LogP contribution in [0.25, 0.3) is 11.0 Å². The van der Waals surface area contributed by atoms with Crippen molar-refractivity contribution in [2.45, 2.75) is 32.4 Å². The summed E-state index contributed by atoms with van der Waals surface area (Å²) < 4.78 is 11.6. The van der Waals surface area contributed by atoms with Gasteiger partial charge in [-0.05, 0) is 43.5 Å². The third kappa shape index (κ3) is 3.71. The molecule has 2 amide bonds. The van der Waals surface area contributed by atoms with Gasteiger partial charge < -0.3 is 19.8 Å². The number of ether oxygens (including phenoxy) is 1. The van der Waals surface area contributed by atoms with E-state index < -0.39 is 6.04 Å². The standard InChI is InChI=1S/C22H22N2O4/c1-14-20(22(26)24-18-8-5-11-23-21(18)25)17-12-16(9-10-19(17)28-14)27-13-15-6-3-2-4-7-15/h2-4,6-7,9-10,12,18H,5,8,11,13H2,1H3,(H,23,25)(H,24,26). The van der Waals surface area contributed by atoms with Crippen LogP contribution in [0.15, 0.2) is 52.9 Å². The van der Waals surface area contributed by atoms with Gasteiger partial charge >= 0.3 is 0 Å². The lowest BCUT2D eigenvalue weighted by Crippen LogP contribution is -2.50. The van der Waals surface area contributed by atoms with Crippen LogP contribution >= 0.6 is 0 Å².